The van der Waals surface area contributed by atoms with Crippen LogP contribution in [0.5, 0.6) is 0 Å². The number of sulfonamides is 1. The summed E-state index contributed by atoms with van der Waals surface area (Å²) in [7, 11) is -2.35. The highest BCUT2D eigenvalue weighted by atomic mass is 32.2. The molecule has 0 saturated carbocycles. The Morgan fingerprint density at radius 1 is 1.06 bits per heavy atom. The molecule has 0 spiro atoms. The van der Waals surface area contributed by atoms with Crippen molar-refractivity contribution in [1.29, 1.82) is 0 Å². The molecule has 2 atom stereocenters. The van der Waals surface area contributed by atoms with Crippen LogP contribution < -0.4 is 4.72 Å². The maximum atomic E-state index is 13.6. The standard InChI is InChI=1S/C31H31F3N6O8S/c1-20-10-12-23(13-11-20)26-19-28(31(32,33)34)35-39(26)24-14-16-25(17-15-24)49(44,45)36-29(41)27(18-22-8-6-5-7-9-22)38(3)40(43)37-48-21(2)47-30(42)46-4/h5-17,19,21,27H,18H2,1-4H3,(H,36,41)/b40-37-/t21?,27-/m0/s1. The summed E-state index contributed by atoms with van der Waals surface area (Å²) in [5.74, 6) is -1.12. The van der Waals surface area contributed by atoms with Crippen LogP contribution in [-0.2, 0) is 41.7 Å². The maximum Gasteiger partial charge on any atom is 0.511 e. The van der Waals surface area contributed by atoms with Gasteiger partial charge in [0.2, 0.25) is 5.28 Å². The lowest BCUT2D eigenvalue weighted by atomic mass is 10.1. The summed E-state index contributed by atoms with van der Waals surface area (Å²) in [6.07, 6.45) is -7.34. The SMILES string of the molecule is COC(=O)OC(C)O/N=[N+](\[O-])N(C)[C@@H](Cc1ccccc1)C(=O)NS(=O)(=O)c1ccc(-n2nc(C(F)(F)F)cc2-c2ccc(C)cc2)cc1. The molecule has 14 nitrogen and oxygen atoms in total. The number of carbonyl (C=O) groups excluding carboxylic acids is 2. The highest BCUT2D eigenvalue weighted by Gasteiger charge is 2.36. The molecule has 0 bridgehead atoms. The topological polar surface area (TPSA) is 167 Å². The number of hydrogen-bond acceptors (Lipinski definition) is 10. The van der Waals surface area contributed by atoms with E-state index in [1.54, 1.807) is 54.6 Å². The van der Waals surface area contributed by atoms with Crippen molar-refractivity contribution in [2.45, 2.75) is 43.7 Å². The molecule has 0 aliphatic heterocycles. The molecule has 1 aromatic heterocycles. The first-order valence-corrected chi connectivity index (χ1v) is 15.8. The zero-order chi connectivity index (χ0) is 35.9. The van der Waals surface area contributed by atoms with Gasteiger partial charge in [0.05, 0.1) is 35.4 Å². The van der Waals surface area contributed by atoms with E-state index in [1.807, 2.05) is 11.6 Å². The van der Waals surface area contributed by atoms with Crippen molar-refractivity contribution in [3.63, 3.8) is 0 Å². The van der Waals surface area contributed by atoms with Crippen LogP contribution in [0.4, 0.5) is 18.0 Å². The van der Waals surface area contributed by atoms with Crippen LogP contribution in [0.25, 0.3) is 16.9 Å². The predicted octanol–water partition coefficient (Wildman–Crippen LogP) is 5.15. The average molecular weight is 705 g/mol. The van der Waals surface area contributed by atoms with E-state index in [0.717, 1.165) is 47.6 Å². The summed E-state index contributed by atoms with van der Waals surface area (Å²) in [6, 6.07) is 19.2. The minimum Gasteiger partial charge on any atom is -0.569 e. The lowest BCUT2D eigenvalue weighted by Gasteiger charge is -2.23. The third-order valence-electron chi connectivity index (χ3n) is 6.96. The molecule has 0 radical (unpaired) electrons. The van der Waals surface area contributed by atoms with Gasteiger partial charge in [0.25, 0.3) is 22.2 Å². The van der Waals surface area contributed by atoms with E-state index < -0.39 is 51.2 Å². The molecule has 3 aromatic carbocycles. The fourth-order valence-corrected chi connectivity index (χ4v) is 5.41. The first-order valence-electron chi connectivity index (χ1n) is 14.4. The monoisotopic (exact) mass is 704 g/mol. The quantitative estimate of drug-likeness (QED) is 0.0685. The third kappa shape index (κ3) is 9.25. The van der Waals surface area contributed by atoms with Crippen LogP contribution in [-0.4, -0.2) is 66.7 Å². The van der Waals surface area contributed by atoms with E-state index in [0.29, 0.717) is 11.1 Å². The fourth-order valence-electron chi connectivity index (χ4n) is 4.39. The van der Waals surface area contributed by atoms with Gasteiger partial charge in [-0.15, -0.1) is 5.01 Å². The summed E-state index contributed by atoms with van der Waals surface area (Å²) in [4.78, 5) is 29.0. The van der Waals surface area contributed by atoms with Gasteiger partial charge < -0.3 is 14.7 Å². The second kappa shape index (κ2) is 15.1. The molecular formula is C31H31F3N6O8S. The Labute approximate surface area is 278 Å². The predicted molar refractivity (Wildman–Crippen MR) is 166 cm³/mol. The van der Waals surface area contributed by atoms with Gasteiger partial charge >= 0.3 is 12.3 Å². The number of aromatic nitrogens is 2. The van der Waals surface area contributed by atoms with E-state index in [4.69, 9.17) is 4.84 Å². The highest BCUT2D eigenvalue weighted by Crippen LogP contribution is 2.33. The van der Waals surface area contributed by atoms with Gasteiger partial charge in [0.1, 0.15) is 0 Å². The Hall–Kier alpha value is -5.65. The summed E-state index contributed by atoms with van der Waals surface area (Å²) in [6.45, 7) is 3.07. The van der Waals surface area contributed by atoms with Crippen LogP contribution >= 0.6 is 0 Å². The number of methoxy groups -OCH3 is 1. The minimum atomic E-state index is -4.74. The molecule has 1 unspecified atom stereocenters. The van der Waals surface area contributed by atoms with Crippen molar-refractivity contribution < 1.29 is 50.5 Å². The molecule has 18 heteroatoms. The molecule has 0 fully saturated rings. The van der Waals surface area contributed by atoms with Crippen LogP contribution in [0.3, 0.4) is 0 Å². The van der Waals surface area contributed by atoms with Gasteiger partial charge in [0.15, 0.2) is 11.7 Å². The number of carbonyl (C=O) groups is 2. The molecule has 4 rings (SSSR count). The van der Waals surface area contributed by atoms with Crippen LogP contribution in [0.15, 0.2) is 95.1 Å². The summed E-state index contributed by atoms with van der Waals surface area (Å²) >= 11 is 0. The van der Waals surface area contributed by atoms with Crippen molar-refractivity contribution in [3.8, 4) is 16.9 Å². The van der Waals surface area contributed by atoms with E-state index >= 15 is 0 Å². The smallest absolute Gasteiger partial charge is 0.511 e. The number of benzene rings is 3. The van der Waals surface area contributed by atoms with E-state index in [-0.39, 0.29) is 22.8 Å². The van der Waals surface area contributed by atoms with E-state index in [9.17, 15) is 36.4 Å². The Morgan fingerprint density at radius 2 is 1.69 bits per heavy atom. The molecule has 1 N–H and O–H groups in total. The van der Waals surface area contributed by atoms with E-state index in [1.165, 1.54) is 19.1 Å². The van der Waals surface area contributed by atoms with Gasteiger partial charge in [-0.05, 0) is 42.8 Å². The zero-order valence-corrected chi connectivity index (χ0v) is 27.3. The number of alkyl halides is 3. The molecule has 49 heavy (non-hydrogen) atoms. The summed E-state index contributed by atoms with van der Waals surface area (Å²) in [5, 5.41) is 20.5. The van der Waals surface area contributed by atoms with E-state index in [2.05, 4.69) is 19.8 Å². The fraction of sp³-hybridized carbons (Fsp3) is 0.258. The molecule has 0 saturated heterocycles. The lowest BCUT2D eigenvalue weighted by Crippen LogP contribution is -2.50. The number of hydrogen-bond donors (Lipinski definition) is 1. The maximum absolute atomic E-state index is 13.6. The lowest BCUT2D eigenvalue weighted by molar-refractivity contribution is -0.712. The zero-order valence-electron chi connectivity index (χ0n) is 26.5. The minimum absolute atomic E-state index is 0.117. The van der Waals surface area contributed by atoms with Crippen LogP contribution in [0, 0.1) is 12.1 Å². The molecule has 1 heterocycles. The van der Waals surface area contributed by atoms with Crippen LogP contribution in [0.2, 0.25) is 0 Å². The number of rotatable bonds is 12. The number of amides is 1. The summed E-state index contributed by atoms with van der Waals surface area (Å²) < 4.78 is 79.4. The van der Waals surface area contributed by atoms with Crippen molar-refractivity contribution in [3.05, 3.63) is 107 Å². The third-order valence-corrected chi connectivity index (χ3v) is 8.33. The largest absolute Gasteiger partial charge is 0.569 e. The Morgan fingerprint density at radius 3 is 2.29 bits per heavy atom. The molecule has 0 aliphatic rings. The highest BCUT2D eigenvalue weighted by molar-refractivity contribution is 7.90. The van der Waals surface area contributed by atoms with Gasteiger partial charge in [-0.2, -0.15) is 18.3 Å². The van der Waals surface area contributed by atoms with Gasteiger partial charge in [0, 0.05) is 18.9 Å². The number of likely N-dealkylation sites (N-methyl/N-ethyl adjacent to an activating group) is 1. The van der Waals surface area contributed by atoms with Crippen molar-refractivity contribution >= 4 is 22.1 Å². The van der Waals surface area contributed by atoms with Gasteiger partial charge in [-0.1, -0.05) is 60.2 Å². The first kappa shape index (κ1) is 36.2. The average Bonchev–Trinajstić information content (AvgIpc) is 3.53. The van der Waals surface area contributed by atoms with Crippen molar-refractivity contribution in [2.24, 2.45) is 5.28 Å². The Kier molecular flexibility index (Phi) is 11.1. The van der Waals surface area contributed by atoms with Crippen molar-refractivity contribution in [2.75, 3.05) is 14.2 Å². The number of ether oxygens (including phenoxy) is 2. The molecule has 4 aromatic rings. The van der Waals surface area contributed by atoms with Gasteiger partial charge in [-0.3, -0.25) is 9.63 Å². The number of hydrazine groups is 1. The van der Waals surface area contributed by atoms with Crippen molar-refractivity contribution in [1.82, 2.24) is 19.5 Å². The Balaban J connectivity index is 1.59. The second-order valence-corrected chi connectivity index (χ2v) is 12.2. The van der Waals surface area contributed by atoms with Crippen LogP contribution in [0.1, 0.15) is 23.7 Å². The first-order chi connectivity index (χ1) is 23.1. The number of nitrogens with zero attached hydrogens (tertiary/aromatic N) is 5. The normalized spacial score (nSPS) is 13.2. The molecule has 1 amide bonds. The number of halogens is 3. The number of aryl methyl sites for hydroxylation is 1. The summed E-state index contributed by atoms with van der Waals surface area (Å²) in [5.41, 5.74) is 0.995. The molecule has 260 valence electrons. The van der Waals surface area contributed by atoms with Gasteiger partial charge in [-0.25, -0.2) is 22.6 Å². The Bertz CT molecular complexity index is 1900. The molecular weight excluding hydrogens is 673 g/mol. The second-order valence-electron chi connectivity index (χ2n) is 10.5. The number of nitrogens with one attached hydrogen (secondary N) is 1. The molecule has 0 aliphatic carbocycles.